The van der Waals surface area contributed by atoms with Crippen LogP contribution in [0.2, 0.25) is 0 Å². The topological polar surface area (TPSA) is 55.1 Å². The third-order valence-corrected chi connectivity index (χ3v) is 6.66. The molecule has 1 atom stereocenters. The average Bonchev–Trinajstić information content (AvgIpc) is 3.37. The summed E-state index contributed by atoms with van der Waals surface area (Å²) in [5, 5.41) is 7.19. The molecule has 1 unspecified atom stereocenters. The molecule has 164 valence electrons. The van der Waals surface area contributed by atoms with Crippen LogP contribution in [0.4, 0.5) is 5.69 Å². The van der Waals surface area contributed by atoms with Gasteiger partial charge in [0.2, 0.25) is 0 Å². The first kappa shape index (κ1) is 21.2. The number of aryl methyl sites for hydroxylation is 1. The van der Waals surface area contributed by atoms with Crippen LogP contribution < -0.4 is 10.7 Å². The molecular weight excluding hydrogens is 428 g/mol. The van der Waals surface area contributed by atoms with Crippen molar-refractivity contribution in [2.45, 2.75) is 26.8 Å². The van der Waals surface area contributed by atoms with E-state index in [4.69, 9.17) is 4.42 Å². The average molecular weight is 453 g/mol. The first-order valence-corrected chi connectivity index (χ1v) is 11.8. The van der Waals surface area contributed by atoms with Crippen LogP contribution in [0.25, 0.3) is 32.9 Å². The summed E-state index contributed by atoms with van der Waals surface area (Å²) in [5.74, 6) is 0.619. The van der Waals surface area contributed by atoms with E-state index in [0.717, 1.165) is 32.9 Å². The molecule has 0 aliphatic heterocycles. The molecule has 5 aromatic rings. The van der Waals surface area contributed by atoms with E-state index in [-0.39, 0.29) is 11.5 Å². The number of hydrogen-bond donors (Lipinski definition) is 1. The van der Waals surface area contributed by atoms with Crippen LogP contribution >= 0.6 is 11.3 Å². The third-order valence-electron chi connectivity index (χ3n) is 5.86. The molecule has 2 heterocycles. The highest BCUT2D eigenvalue weighted by atomic mass is 32.1. The van der Waals surface area contributed by atoms with Crippen molar-refractivity contribution < 1.29 is 4.42 Å². The van der Waals surface area contributed by atoms with Crippen LogP contribution in [0.1, 0.15) is 29.7 Å². The summed E-state index contributed by atoms with van der Waals surface area (Å²) in [6.07, 6.45) is 1.82. The Labute approximate surface area is 196 Å². The Bertz CT molecular complexity index is 1490. The van der Waals surface area contributed by atoms with E-state index in [2.05, 4.69) is 35.4 Å². The SMILES string of the molecule is Cc1cc(C(C)Nc2ccccc2-c2nccs2)c2oc(-c3ccccc3)c(C)c(=O)c2c1. The van der Waals surface area contributed by atoms with Gasteiger partial charge in [0.1, 0.15) is 16.4 Å². The fourth-order valence-corrected chi connectivity index (χ4v) is 4.89. The van der Waals surface area contributed by atoms with Crippen molar-refractivity contribution in [3.8, 4) is 21.9 Å². The minimum atomic E-state index is -0.0945. The number of thiazole rings is 1. The van der Waals surface area contributed by atoms with E-state index in [1.165, 1.54) is 0 Å². The van der Waals surface area contributed by atoms with Crippen molar-refractivity contribution in [1.82, 2.24) is 4.98 Å². The molecule has 0 bridgehead atoms. The van der Waals surface area contributed by atoms with Gasteiger partial charge in [-0.3, -0.25) is 4.79 Å². The van der Waals surface area contributed by atoms with Gasteiger partial charge in [0.05, 0.1) is 11.4 Å². The van der Waals surface area contributed by atoms with Gasteiger partial charge in [-0.05, 0) is 44.5 Å². The molecule has 2 aromatic heterocycles. The molecule has 1 N–H and O–H groups in total. The van der Waals surface area contributed by atoms with Crippen LogP contribution in [-0.2, 0) is 0 Å². The van der Waals surface area contributed by atoms with Gasteiger partial charge in [-0.15, -0.1) is 11.3 Å². The van der Waals surface area contributed by atoms with E-state index in [0.29, 0.717) is 22.3 Å². The monoisotopic (exact) mass is 452 g/mol. The Morgan fingerprint density at radius 1 is 1.00 bits per heavy atom. The Balaban J connectivity index is 1.64. The van der Waals surface area contributed by atoms with Crippen molar-refractivity contribution in [2.75, 3.05) is 5.32 Å². The zero-order chi connectivity index (χ0) is 22.9. The van der Waals surface area contributed by atoms with Crippen LogP contribution in [0.15, 0.2) is 87.5 Å². The first-order valence-electron chi connectivity index (χ1n) is 10.9. The summed E-state index contributed by atoms with van der Waals surface area (Å²) in [6, 6.07) is 21.9. The number of anilines is 1. The maximum Gasteiger partial charge on any atom is 0.196 e. The summed E-state index contributed by atoms with van der Waals surface area (Å²) in [7, 11) is 0. The van der Waals surface area contributed by atoms with Crippen molar-refractivity contribution >= 4 is 28.0 Å². The second-order valence-corrected chi connectivity index (χ2v) is 9.13. The van der Waals surface area contributed by atoms with Gasteiger partial charge < -0.3 is 9.73 Å². The molecule has 5 heteroatoms. The van der Waals surface area contributed by atoms with Crippen LogP contribution in [0.3, 0.4) is 0 Å². The summed E-state index contributed by atoms with van der Waals surface area (Å²) >= 11 is 1.61. The molecule has 0 fully saturated rings. The molecular formula is C28H24N2O2S. The zero-order valence-corrected chi connectivity index (χ0v) is 19.6. The fraction of sp³-hybridized carbons (Fsp3) is 0.143. The first-order chi connectivity index (χ1) is 16.0. The normalized spacial score (nSPS) is 12.1. The molecule has 0 radical (unpaired) electrons. The lowest BCUT2D eigenvalue weighted by Crippen LogP contribution is -2.12. The van der Waals surface area contributed by atoms with Gasteiger partial charge in [0.15, 0.2) is 5.43 Å². The largest absolute Gasteiger partial charge is 0.455 e. The van der Waals surface area contributed by atoms with Crippen LogP contribution in [0, 0.1) is 13.8 Å². The maximum atomic E-state index is 13.3. The van der Waals surface area contributed by atoms with E-state index in [1.54, 1.807) is 11.3 Å². The summed E-state index contributed by atoms with van der Waals surface area (Å²) < 4.78 is 6.46. The number of aromatic nitrogens is 1. The number of nitrogens with zero attached hydrogens (tertiary/aromatic N) is 1. The molecule has 0 aliphatic carbocycles. The third kappa shape index (κ3) is 3.96. The minimum Gasteiger partial charge on any atom is -0.455 e. The van der Waals surface area contributed by atoms with Crippen molar-refractivity contribution in [3.05, 3.63) is 105 Å². The van der Waals surface area contributed by atoms with Gasteiger partial charge in [-0.1, -0.05) is 48.5 Å². The fourth-order valence-electron chi connectivity index (χ4n) is 4.22. The van der Waals surface area contributed by atoms with Gasteiger partial charge in [-0.2, -0.15) is 0 Å². The summed E-state index contributed by atoms with van der Waals surface area (Å²) in [5.41, 5.74) is 6.19. The highest BCUT2D eigenvalue weighted by Gasteiger charge is 2.19. The Hall–Kier alpha value is -3.70. The van der Waals surface area contributed by atoms with E-state index in [1.807, 2.05) is 74.0 Å². The highest BCUT2D eigenvalue weighted by molar-refractivity contribution is 7.13. The molecule has 0 saturated heterocycles. The van der Waals surface area contributed by atoms with Crippen LogP contribution in [0.5, 0.6) is 0 Å². The second kappa shape index (κ2) is 8.68. The van der Waals surface area contributed by atoms with Crippen LogP contribution in [-0.4, -0.2) is 4.98 Å². The maximum absolute atomic E-state index is 13.3. The predicted molar refractivity (Wildman–Crippen MR) is 137 cm³/mol. The molecule has 0 aliphatic rings. The number of para-hydroxylation sites is 1. The molecule has 0 saturated carbocycles. The van der Waals surface area contributed by atoms with E-state index in [9.17, 15) is 4.79 Å². The standard InChI is InChI=1S/C28H24N2O2S/c1-17-15-22(19(3)30-24-12-8-7-11-21(24)28-29-13-14-33-28)27-23(16-17)25(31)18(2)26(32-27)20-9-5-4-6-10-20/h4-16,19,30H,1-3H3. The van der Waals surface area contributed by atoms with E-state index < -0.39 is 0 Å². The van der Waals surface area contributed by atoms with E-state index >= 15 is 0 Å². The molecule has 5 rings (SSSR count). The smallest absolute Gasteiger partial charge is 0.196 e. The number of fused-ring (bicyclic) bond motifs is 1. The van der Waals surface area contributed by atoms with Gasteiger partial charge in [0, 0.05) is 39.5 Å². The predicted octanol–water partition coefficient (Wildman–Crippen LogP) is 7.37. The van der Waals surface area contributed by atoms with Crippen molar-refractivity contribution in [1.29, 1.82) is 0 Å². The lowest BCUT2D eigenvalue weighted by Gasteiger charge is -2.20. The second-order valence-electron chi connectivity index (χ2n) is 8.23. The Morgan fingerprint density at radius 2 is 1.76 bits per heavy atom. The Morgan fingerprint density at radius 3 is 2.52 bits per heavy atom. The molecule has 3 aromatic carbocycles. The number of hydrogen-bond acceptors (Lipinski definition) is 5. The molecule has 33 heavy (non-hydrogen) atoms. The molecule has 4 nitrogen and oxygen atoms in total. The summed E-state index contributed by atoms with van der Waals surface area (Å²) in [6.45, 7) is 5.94. The minimum absolute atomic E-state index is 0.00967. The summed E-state index contributed by atoms with van der Waals surface area (Å²) in [4.78, 5) is 17.8. The number of rotatable bonds is 5. The van der Waals surface area contributed by atoms with Gasteiger partial charge >= 0.3 is 0 Å². The van der Waals surface area contributed by atoms with Crippen molar-refractivity contribution in [3.63, 3.8) is 0 Å². The quantitative estimate of drug-likeness (QED) is 0.302. The molecule has 0 amide bonds. The number of benzene rings is 3. The zero-order valence-electron chi connectivity index (χ0n) is 18.8. The van der Waals surface area contributed by atoms with Gasteiger partial charge in [-0.25, -0.2) is 4.98 Å². The number of nitrogens with one attached hydrogen (secondary N) is 1. The molecule has 0 spiro atoms. The van der Waals surface area contributed by atoms with Gasteiger partial charge in [0.25, 0.3) is 0 Å². The lowest BCUT2D eigenvalue weighted by atomic mass is 9.98. The van der Waals surface area contributed by atoms with Crippen molar-refractivity contribution in [2.24, 2.45) is 0 Å². The lowest BCUT2D eigenvalue weighted by molar-refractivity contribution is 0.605. The highest BCUT2D eigenvalue weighted by Crippen LogP contribution is 2.35. The Kier molecular flexibility index (Phi) is 5.56.